The molecule has 0 unspecified atom stereocenters. The highest BCUT2D eigenvalue weighted by Gasteiger charge is 2.30. The summed E-state index contributed by atoms with van der Waals surface area (Å²) in [5.41, 5.74) is 0.997. The predicted molar refractivity (Wildman–Crippen MR) is 100 cm³/mol. The number of hydrogen-bond acceptors (Lipinski definition) is 6. The van der Waals surface area contributed by atoms with E-state index >= 15 is 0 Å². The normalized spacial score (nSPS) is 17.7. The quantitative estimate of drug-likeness (QED) is 0.827. The van der Waals surface area contributed by atoms with Crippen LogP contribution in [0.4, 0.5) is 5.69 Å². The molecule has 2 aliphatic rings. The van der Waals surface area contributed by atoms with Crippen molar-refractivity contribution in [3.63, 3.8) is 0 Å². The van der Waals surface area contributed by atoms with Gasteiger partial charge in [-0.05, 0) is 24.3 Å². The summed E-state index contributed by atoms with van der Waals surface area (Å²) >= 11 is 6.26. The first kappa shape index (κ1) is 17.4. The number of benzene rings is 1. The number of fused-ring (bicyclic) bond motifs is 1. The third-order valence-electron chi connectivity index (χ3n) is 3.99. The van der Waals surface area contributed by atoms with Crippen LogP contribution in [0.1, 0.15) is 0 Å². The molecular weight excluding hydrogens is 392 g/mol. The van der Waals surface area contributed by atoms with Gasteiger partial charge < -0.3 is 10.2 Å². The second kappa shape index (κ2) is 6.63. The van der Waals surface area contributed by atoms with Gasteiger partial charge in [-0.2, -0.15) is 5.10 Å². The zero-order chi connectivity index (χ0) is 19.0. The van der Waals surface area contributed by atoms with Gasteiger partial charge in [-0.25, -0.2) is 18.1 Å². The molecule has 0 bridgehead atoms. The fourth-order valence-corrected chi connectivity index (χ4v) is 4.00. The summed E-state index contributed by atoms with van der Waals surface area (Å²) in [5, 5.41) is 7.17. The van der Waals surface area contributed by atoms with E-state index in [1.54, 1.807) is 35.4 Å². The van der Waals surface area contributed by atoms with Crippen molar-refractivity contribution in [2.45, 2.75) is 0 Å². The summed E-state index contributed by atoms with van der Waals surface area (Å²) in [6.07, 6.45) is 7.68. The Morgan fingerprint density at radius 2 is 2.15 bits per heavy atom. The largest absolute Gasteiger partial charge is 0.331 e. The zero-order valence-corrected chi connectivity index (χ0v) is 15.4. The van der Waals surface area contributed by atoms with Gasteiger partial charge in [0.05, 0.1) is 22.0 Å². The van der Waals surface area contributed by atoms with E-state index in [9.17, 15) is 13.2 Å². The average Bonchev–Trinajstić information content (AvgIpc) is 3.14. The van der Waals surface area contributed by atoms with Crippen LogP contribution >= 0.6 is 11.6 Å². The Hall–Kier alpha value is -2.98. The number of para-hydroxylation sites is 1. The maximum atomic E-state index is 12.9. The Morgan fingerprint density at radius 1 is 1.30 bits per heavy atom. The molecule has 1 N–H and O–H groups in total. The lowest BCUT2D eigenvalue weighted by Crippen LogP contribution is -2.40. The summed E-state index contributed by atoms with van der Waals surface area (Å²) in [6, 6.07) is 5.01. The fraction of sp³-hybridized carbons (Fsp3) is 0.125. The van der Waals surface area contributed by atoms with E-state index in [0.717, 1.165) is 0 Å². The molecule has 0 fully saturated rings. The highest BCUT2D eigenvalue weighted by atomic mass is 35.5. The van der Waals surface area contributed by atoms with Crippen LogP contribution in [0, 0.1) is 0 Å². The maximum Gasteiger partial charge on any atom is 0.259 e. The SMILES string of the molecule is O=C(Nc1cccc(Cl)c1-n1cncn1)C1=CC=CN2CCS(=O)(=O)N=C12. The summed E-state index contributed by atoms with van der Waals surface area (Å²) in [6.45, 7) is 0.240. The van der Waals surface area contributed by atoms with E-state index in [4.69, 9.17) is 11.6 Å². The lowest BCUT2D eigenvalue weighted by Gasteiger charge is -2.28. The summed E-state index contributed by atoms with van der Waals surface area (Å²) in [5.74, 6) is -0.505. The maximum absolute atomic E-state index is 12.9. The Labute approximate surface area is 159 Å². The minimum atomic E-state index is -3.59. The van der Waals surface area contributed by atoms with Gasteiger partial charge in [-0.15, -0.1) is 4.40 Å². The number of nitrogens with zero attached hydrogens (tertiary/aromatic N) is 5. The molecule has 0 saturated carbocycles. The molecule has 0 saturated heterocycles. The summed E-state index contributed by atoms with van der Waals surface area (Å²) in [7, 11) is -3.59. The van der Waals surface area contributed by atoms with Crippen LogP contribution in [0.3, 0.4) is 0 Å². The van der Waals surface area contributed by atoms with Crippen molar-refractivity contribution in [1.29, 1.82) is 0 Å². The van der Waals surface area contributed by atoms with E-state index in [1.165, 1.54) is 23.4 Å². The van der Waals surface area contributed by atoms with Crippen LogP contribution in [0.2, 0.25) is 5.02 Å². The molecule has 9 nitrogen and oxygen atoms in total. The molecule has 27 heavy (non-hydrogen) atoms. The second-order valence-corrected chi connectivity index (χ2v) is 7.91. The lowest BCUT2D eigenvalue weighted by molar-refractivity contribution is -0.112. The van der Waals surface area contributed by atoms with E-state index in [-0.39, 0.29) is 23.7 Å². The van der Waals surface area contributed by atoms with Crippen molar-refractivity contribution in [3.05, 3.63) is 59.8 Å². The fourth-order valence-electron chi connectivity index (χ4n) is 2.76. The van der Waals surface area contributed by atoms with Gasteiger partial charge in [0.1, 0.15) is 18.3 Å². The number of anilines is 1. The van der Waals surface area contributed by atoms with Crippen molar-refractivity contribution < 1.29 is 13.2 Å². The monoisotopic (exact) mass is 404 g/mol. The Morgan fingerprint density at radius 3 is 2.93 bits per heavy atom. The van der Waals surface area contributed by atoms with E-state index in [2.05, 4.69) is 19.8 Å². The highest BCUT2D eigenvalue weighted by molar-refractivity contribution is 7.90. The van der Waals surface area contributed by atoms with Crippen LogP contribution in [0.15, 0.2) is 59.2 Å². The molecule has 3 heterocycles. The first-order valence-electron chi connectivity index (χ1n) is 7.88. The van der Waals surface area contributed by atoms with Crippen LogP contribution in [0.5, 0.6) is 0 Å². The molecule has 4 rings (SSSR count). The number of allylic oxidation sites excluding steroid dienone is 2. The number of aromatic nitrogens is 3. The minimum absolute atomic E-state index is 0.0967. The number of halogens is 1. The average molecular weight is 405 g/mol. The molecular formula is C16H13ClN6O3S. The van der Waals surface area contributed by atoms with Gasteiger partial charge in [-0.3, -0.25) is 4.79 Å². The van der Waals surface area contributed by atoms with E-state index in [0.29, 0.717) is 16.4 Å². The van der Waals surface area contributed by atoms with Gasteiger partial charge >= 0.3 is 0 Å². The highest BCUT2D eigenvalue weighted by Crippen LogP contribution is 2.28. The Kier molecular flexibility index (Phi) is 4.28. The molecule has 2 aliphatic heterocycles. The van der Waals surface area contributed by atoms with Crippen LogP contribution in [0.25, 0.3) is 5.69 Å². The van der Waals surface area contributed by atoms with Crippen LogP contribution < -0.4 is 5.32 Å². The zero-order valence-electron chi connectivity index (χ0n) is 13.8. The first-order chi connectivity index (χ1) is 12.9. The number of hydrogen-bond donors (Lipinski definition) is 1. The molecule has 1 aromatic carbocycles. The number of carbonyl (C=O) groups excluding carboxylic acids is 1. The van der Waals surface area contributed by atoms with Crippen molar-refractivity contribution in [3.8, 4) is 5.69 Å². The van der Waals surface area contributed by atoms with Gasteiger partial charge in [0.2, 0.25) is 0 Å². The van der Waals surface area contributed by atoms with Crippen molar-refractivity contribution in [2.75, 3.05) is 17.6 Å². The summed E-state index contributed by atoms with van der Waals surface area (Å²) < 4.78 is 28.9. The second-order valence-electron chi connectivity index (χ2n) is 5.75. The van der Waals surface area contributed by atoms with Crippen molar-refractivity contribution >= 4 is 39.1 Å². The lowest BCUT2D eigenvalue weighted by atomic mass is 10.1. The Bertz CT molecular complexity index is 1110. The standard InChI is InChI=1S/C16H13ClN6O3S/c17-12-4-1-5-13(14(12)23-10-18-9-19-23)20-16(24)11-3-2-6-22-7-8-27(25,26)21-15(11)22/h1-6,9-10H,7-8H2,(H,20,24). The van der Waals surface area contributed by atoms with E-state index in [1.807, 2.05) is 0 Å². The molecule has 11 heteroatoms. The summed E-state index contributed by atoms with van der Waals surface area (Å²) in [4.78, 5) is 18.4. The molecule has 138 valence electrons. The molecule has 0 radical (unpaired) electrons. The van der Waals surface area contributed by atoms with Gasteiger partial charge in [-0.1, -0.05) is 17.7 Å². The number of rotatable bonds is 3. The third kappa shape index (κ3) is 3.36. The van der Waals surface area contributed by atoms with Gasteiger partial charge in [0.25, 0.3) is 15.9 Å². The molecule has 2 aromatic rings. The van der Waals surface area contributed by atoms with Crippen LogP contribution in [-0.2, 0) is 14.8 Å². The molecule has 0 aliphatic carbocycles. The third-order valence-corrected chi connectivity index (χ3v) is 5.44. The number of sulfonamides is 1. The Balaban J connectivity index is 1.70. The van der Waals surface area contributed by atoms with Crippen molar-refractivity contribution in [1.82, 2.24) is 19.7 Å². The smallest absolute Gasteiger partial charge is 0.259 e. The van der Waals surface area contributed by atoms with Crippen LogP contribution in [-0.4, -0.2) is 52.1 Å². The molecule has 0 spiro atoms. The predicted octanol–water partition coefficient (Wildman–Crippen LogP) is 1.36. The number of amides is 1. The molecule has 1 aromatic heterocycles. The number of carbonyl (C=O) groups is 1. The van der Waals surface area contributed by atoms with Gasteiger partial charge in [0, 0.05) is 12.7 Å². The minimum Gasteiger partial charge on any atom is -0.331 e. The number of nitrogens with one attached hydrogen (secondary N) is 1. The van der Waals surface area contributed by atoms with Crippen molar-refractivity contribution in [2.24, 2.45) is 4.40 Å². The van der Waals surface area contributed by atoms with E-state index < -0.39 is 15.9 Å². The van der Waals surface area contributed by atoms with Gasteiger partial charge in [0.15, 0.2) is 5.84 Å². The topological polar surface area (TPSA) is 110 Å². The molecule has 0 atom stereocenters. The number of amidine groups is 1. The molecule has 1 amide bonds. The first-order valence-corrected chi connectivity index (χ1v) is 9.86.